The summed E-state index contributed by atoms with van der Waals surface area (Å²) in [7, 11) is 0. The summed E-state index contributed by atoms with van der Waals surface area (Å²) in [6.07, 6.45) is 0. The SMILES string of the molecule is C/C(=N\O)c1ccccc1NC(=O)Nc1ccc(C#N)cc1. The molecule has 0 saturated carbocycles. The molecule has 0 bridgehead atoms. The van der Waals surface area contributed by atoms with Crippen LogP contribution in [0.4, 0.5) is 16.2 Å². The van der Waals surface area contributed by atoms with E-state index in [0.29, 0.717) is 28.2 Å². The molecule has 0 aromatic heterocycles. The van der Waals surface area contributed by atoms with Crippen LogP contribution in [0.1, 0.15) is 18.1 Å². The standard InChI is InChI=1S/C16H14N4O2/c1-11(20-22)14-4-2-3-5-15(14)19-16(21)18-13-8-6-12(10-17)7-9-13/h2-9,22H,1H3,(H2,18,19,21)/b20-11+. The largest absolute Gasteiger partial charge is 0.411 e. The van der Waals surface area contributed by atoms with Crippen molar-refractivity contribution in [1.29, 1.82) is 5.26 Å². The highest BCUT2D eigenvalue weighted by molar-refractivity contribution is 6.08. The van der Waals surface area contributed by atoms with E-state index in [1.54, 1.807) is 55.5 Å². The predicted molar refractivity (Wildman–Crippen MR) is 84.2 cm³/mol. The zero-order valence-corrected chi connectivity index (χ0v) is 11.9. The molecular weight excluding hydrogens is 280 g/mol. The van der Waals surface area contributed by atoms with E-state index < -0.39 is 6.03 Å². The van der Waals surface area contributed by atoms with Crippen molar-refractivity contribution in [2.24, 2.45) is 5.16 Å². The average Bonchev–Trinajstić information content (AvgIpc) is 2.55. The number of amides is 2. The molecule has 0 atom stereocenters. The van der Waals surface area contributed by atoms with Crippen molar-refractivity contribution in [3.05, 3.63) is 59.7 Å². The monoisotopic (exact) mass is 294 g/mol. The molecule has 0 unspecified atom stereocenters. The molecule has 2 rings (SSSR count). The molecule has 0 fully saturated rings. The zero-order valence-electron chi connectivity index (χ0n) is 11.9. The third-order valence-corrected chi connectivity index (χ3v) is 2.99. The summed E-state index contributed by atoms with van der Waals surface area (Å²) in [5.74, 6) is 0. The van der Waals surface area contributed by atoms with E-state index in [9.17, 15) is 4.79 Å². The van der Waals surface area contributed by atoms with Crippen molar-refractivity contribution in [1.82, 2.24) is 0 Å². The van der Waals surface area contributed by atoms with Crippen LogP contribution in [-0.4, -0.2) is 17.0 Å². The molecule has 2 amide bonds. The number of oxime groups is 1. The second-order valence-corrected chi connectivity index (χ2v) is 4.50. The van der Waals surface area contributed by atoms with Crippen LogP contribution in [0, 0.1) is 11.3 Å². The van der Waals surface area contributed by atoms with E-state index in [-0.39, 0.29) is 0 Å². The normalized spacial score (nSPS) is 10.6. The third kappa shape index (κ3) is 3.61. The smallest absolute Gasteiger partial charge is 0.323 e. The number of nitriles is 1. The molecule has 0 saturated heterocycles. The van der Waals surface area contributed by atoms with Crippen LogP contribution in [0.3, 0.4) is 0 Å². The molecule has 3 N–H and O–H groups in total. The van der Waals surface area contributed by atoms with Crippen molar-refractivity contribution in [3.8, 4) is 6.07 Å². The highest BCUT2D eigenvalue weighted by Crippen LogP contribution is 2.17. The van der Waals surface area contributed by atoms with Crippen LogP contribution in [0.25, 0.3) is 0 Å². The molecule has 0 heterocycles. The summed E-state index contributed by atoms with van der Waals surface area (Å²) in [5.41, 5.74) is 2.64. The Morgan fingerprint density at radius 1 is 1.14 bits per heavy atom. The quantitative estimate of drug-likeness (QED) is 0.459. The maximum absolute atomic E-state index is 12.0. The van der Waals surface area contributed by atoms with Crippen LogP contribution in [0.15, 0.2) is 53.7 Å². The van der Waals surface area contributed by atoms with E-state index in [0.717, 1.165) is 0 Å². The molecule has 22 heavy (non-hydrogen) atoms. The van der Waals surface area contributed by atoms with Gasteiger partial charge in [0.2, 0.25) is 0 Å². The van der Waals surface area contributed by atoms with Crippen LogP contribution in [-0.2, 0) is 0 Å². The van der Waals surface area contributed by atoms with E-state index >= 15 is 0 Å². The molecule has 0 aliphatic carbocycles. The highest BCUT2D eigenvalue weighted by atomic mass is 16.4. The Balaban J connectivity index is 2.11. The van der Waals surface area contributed by atoms with Gasteiger partial charge >= 0.3 is 6.03 Å². The van der Waals surface area contributed by atoms with Gasteiger partial charge in [-0.25, -0.2) is 4.79 Å². The Kier molecular flexibility index (Phi) is 4.73. The lowest BCUT2D eigenvalue weighted by atomic mass is 10.1. The fraction of sp³-hybridized carbons (Fsp3) is 0.0625. The minimum absolute atomic E-state index is 0.397. The summed E-state index contributed by atoms with van der Waals surface area (Å²) in [6.45, 7) is 1.64. The molecule has 2 aromatic carbocycles. The van der Waals surface area contributed by atoms with Gasteiger partial charge in [-0.1, -0.05) is 23.4 Å². The van der Waals surface area contributed by atoms with Gasteiger partial charge in [0.1, 0.15) is 0 Å². The van der Waals surface area contributed by atoms with Gasteiger partial charge in [-0.2, -0.15) is 5.26 Å². The molecule has 6 nitrogen and oxygen atoms in total. The number of para-hydroxylation sites is 1. The second-order valence-electron chi connectivity index (χ2n) is 4.50. The Labute approximate surface area is 127 Å². The van der Waals surface area contributed by atoms with Crippen LogP contribution >= 0.6 is 0 Å². The van der Waals surface area contributed by atoms with Gasteiger partial charge in [-0.15, -0.1) is 0 Å². The van der Waals surface area contributed by atoms with E-state index in [1.807, 2.05) is 6.07 Å². The van der Waals surface area contributed by atoms with E-state index in [1.165, 1.54) is 0 Å². The lowest BCUT2D eigenvalue weighted by Gasteiger charge is -2.11. The lowest BCUT2D eigenvalue weighted by Crippen LogP contribution is -2.20. The number of rotatable bonds is 3. The van der Waals surface area contributed by atoms with Crippen molar-refractivity contribution >= 4 is 23.1 Å². The highest BCUT2D eigenvalue weighted by Gasteiger charge is 2.09. The maximum atomic E-state index is 12.0. The fourth-order valence-corrected chi connectivity index (χ4v) is 1.87. The number of carbonyl (C=O) groups is 1. The summed E-state index contributed by atoms with van der Waals surface area (Å²) < 4.78 is 0. The van der Waals surface area contributed by atoms with Crippen LogP contribution < -0.4 is 10.6 Å². The molecule has 2 aromatic rings. The molecular formula is C16H14N4O2. The van der Waals surface area contributed by atoms with Gasteiger partial charge in [-0.05, 0) is 37.3 Å². The van der Waals surface area contributed by atoms with E-state index in [4.69, 9.17) is 10.5 Å². The molecule has 0 aliphatic rings. The molecule has 0 aliphatic heterocycles. The van der Waals surface area contributed by atoms with Gasteiger partial charge in [0.25, 0.3) is 0 Å². The first-order valence-electron chi connectivity index (χ1n) is 6.50. The number of anilines is 2. The van der Waals surface area contributed by atoms with Gasteiger partial charge in [0.15, 0.2) is 0 Å². The third-order valence-electron chi connectivity index (χ3n) is 2.99. The molecule has 6 heteroatoms. The summed E-state index contributed by atoms with van der Waals surface area (Å²) in [4.78, 5) is 12.0. The van der Waals surface area contributed by atoms with Gasteiger partial charge in [-0.3, -0.25) is 0 Å². The van der Waals surface area contributed by atoms with Crippen LogP contribution in [0.5, 0.6) is 0 Å². The molecule has 110 valence electrons. The van der Waals surface area contributed by atoms with Crippen LogP contribution in [0.2, 0.25) is 0 Å². The average molecular weight is 294 g/mol. The predicted octanol–water partition coefficient (Wildman–Crippen LogP) is 3.40. The Hall–Kier alpha value is -3.33. The minimum Gasteiger partial charge on any atom is -0.411 e. The second kappa shape index (κ2) is 6.90. The van der Waals surface area contributed by atoms with Gasteiger partial charge < -0.3 is 15.8 Å². The number of hydrogen-bond acceptors (Lipinski definition) is 4. The number of nitrogens with zero attached hydrogens (tertiary/aromatic N) is 2. The van der Waals surface area contributed by atoms with Crippen molar-refractivity contribution in [2.75, 3.05) is 10.6 Å². The molecule has 0 spiro atoms. The Morgan fingerprint density at radius 2 is 1.82 bits per heavy atom. The Bertz CT molecular complexity index is 745. The minimum atomic E-state index is -0.428. The number of nitrogens with one attached hydrogen (secondary N) is 2. The van der Waals surface area contributed by atoms with Crippen molar-refractivity contribution in [2.45, 2.75) is 6.92 Å². The number of hydrogen-bond donors (Lipinski definition) is 3. The van der Waals surface area contributed by atoms with Gasteiger partial charge in [0, 0.05) is 11.3 Å². The van der Waals surface area contributed by atoms with Crippen molar-refractivity contribution in [3.63, 3.8) is 0 Å². The Morgan fingerprint density at radius 3 is 2.45 bits per heavy atom. The summed E-state index contributed by atoms with van der Waals surface area (Å²) in [6, 6.07) is 15.1. The number of urea groups is 1. The van der Waals surface area contributed by atoms with Gasteiger partial charge in [0.05, 0.1) is 23.0 Å². The lowest BCUT2D eigenvalue weighted by molar-refractivity contribution is 0.262. The first-order valence-corrected chi connectivity index (χ1v) is 6.50. The summed E-state index contributed by atoms with van der Waals surface area (Å²) >= 11 is 0. The molecule has 0 radical (unpaired) electrons. The number of carbonyl (C=O) groups excluding carboxylic acids is 1. The maximum Gasteiger partial charge on any atom is 0.323 e. The first-order chi connectivity index (χ1) is 10.6. The summed E-state index contributed by atoms with van der Waals surface area (Å²) in [5, 5.41) is 26.1. The number of benzene rings is 2. The van der Waals surface area contributed by atoms with E-state index in [2.05, 4.69) is 15.8 Å². The fourth-order valence-electron chi connectivity index (χ4n) is 1.87. The van der Waals surface area contributed by atoms with Crippen molar-refractivity contribution < 1.29 is 10.0 Å². The zero-order chi connectivity index (χ0) is 15.9. The topological polar surface area (TPSA) is 97.5 Å². The first kappa shape index (κ1) is 15.1.